The van der Waals surface area contributed by atoms with E-state index in [4.69, 9.17) is 9.47 Å². The first-order valence-electron chi connectivity index (χ1n) is 7.84. The van der Waals surface area contributed by atoms with E-state index in [0.29, 0.717) is 5.75 Å². The Morgan fingerprint density at radius 2 is 1.84 bits per heavy atom. The molecule has 0 aliphatic carbocycles. The van der Waals surface area contributed by atoms with Crippen molar-refractivity contribution < 1.29 is 23.9 Å². The maximum absolute atomic E-state index is 11.8. The second-order valence-corrected chi connectivity index (χ2v) is 6.51. The Morgan fingerprint density at radius 1 is 1.16 bits per heavy atom. The molecule has 3 amide bonds. The van der Waals surface area contributed by atoms with E-state index in [1.54, 1.807) is 32.9 Å². The van der Waals surface area contributed by atoms with Crippen molar-refractivity contribution in [3.05, 3.63) is 29.8 Å². The lowest BCUT2D eigenvalue weighted by Crippen LogP contribution is -2.52. The molecule has 8 heteroatoms. The highest BCUT2D eigenvalue weighted by atomic mass is 16.6. The molecule has 0 aliphatic heterocycles. The first-order valence-corrected chi connectivity index (χ1v) is 7.84. The second kappa shape index (κ2) is 8.91. The van der Waals surface area contributed by atoms with E-state index in [-0.39, 0.29) is 6.61 Å². The van der Waals surface area contributed by atoms with Gasteiger partial charge in [-0.25, -0.2) is 4.79 Å². The van der Waals surface area contributed by atoms with E-state index in [9.17, 15) is 14.4 Å². The summed E-state index contributed by atoms with van der Waals surface area (Å²) in [5.74, 6) is -0.560. The van der Waals surface area contributed by atoms with Gasteiger partial charge in [0.25, 0.3) is 11.8 Å². The summed E-state index contributed by atoms with van der Waals surface area (Å²) in [5.41, 5.74) is 4.77. The molecule has 138 valence electrons. The third-order valence-electron chi connectivity index (χ3n) is 2.81. The van der Waals surface area contributed by atoms with Crippen molar-refractivity contribution in [2.75, 3.05) is 6.61 Å². The zero-order valence-electron chi connectivity index (χ0n) is 15.1. The fourth-order valence-electron chi connectivity index (χ4n) is 1.68. The number of carbonyl (C=O) groups excluding carboxylic acids is 3. The van der Waals surface area contributed by atoms with Crippen LogP contribution in [0.1, 0.15) is 33.3 Å². The third-order valence-corrected chi connectivity index (χ3v) is 2.81. The molecule has 0 saturated heterocycles. The number of aryl methyl sites for hydroxylation is 1. The minimum atomic E-state index is -0.882. The molecule has 0 radical (unpaired) electrons. The molecule has 1 aromatic carbocycles. The molecule has 0 heterocycles. The highest BCUT2D eigenvalue weighted by Gasteiger charge is 2.21. The van der Waals surface area contributed by atoms with E-state index in [2.05, 4.69) is 16.2 Å². The van der Waals surface area contributed by atoms with Crippen LogP contribution in [0.15, 0.2) is 24.3 Å². The molecule has 1 rings (SSSR count). The van der Waals surface area contributed by atoms with Crippen LogP contribution in [0.25, 0.3) is 0 Å². The topological polar surface area (TPSA) is 106 Å². The molecule has 25 heavy (non-hydrogen) atoms. The van der Waals surface area contributed by atoms with Crippen LogP contribution >= 0.6 is 0 Å². The Hall–Kier alpha value is -2.77. The zero-order valence-corrected chi connectivity index (χ0v) is 15.1. The Bertz CT molecular complexity index is 625. The Balaban J connectivity index is 2.32. The number of rotatable bonds is 5. The Kier molecular flexibility index (Phi) is 7.22. The van der Waals surface area contributed by atoms with Gasteiger partial charge in [-0.05, 0) is 52.3 Å². The van der Waals surface area contributed by atoms with Gasteiger partial charge in [0.15, 0.2) is 6.61 Å². The summed E-state index contributed by atoms with van der Waals surface area (Å²) >= 11 is 0. The quantitative estimate of drug-likeness (QED) is 0.696. The van der Waals surface area contributed by atoms with Crippen molar-refractivity contribution in [2.45, 2.75) is 46.3 Å². The average molecular weight is 351 g/mol. The summed E-state index contributed by atoms with van der Waals surface area (Å²) in [4.78, 5) is 35.1. The molecule has 0 spiro atoms. The lowest BCUT2D eigenvalue weighted by atomic mass is 10.2. The minimum absolute atomic E-state index is 0.252. The summed E-state index contributed by atoms with van der Waals surface area (Å²) < 4.78 is 10.4. The molecule has 1 atom stereocenters. The van der Waals surface area contributed by atoms with E-state index in [0.717, 1.165) is 5.56 Å². The number of ether oxygens (including phenoxy) is 2. The van der Waals surface area contributed by atoms with E-state index >= 15 is 0 Å². The highest BCUT2D eigenvalue weighted by molar-refractivity contribution is 5.87. The summed E-state index contributed by atoms with van der Waals surface area (Å²) in [5, 5.41) is 2.37. The monoisotopic (exact) mass is 351 g/mol. The first-order chi connectivity index (χ1) is 11.6. The van der Waals surface area contributed by atoms with Gasteiger partial charge in [0, 0.05) is 0 Å². The van der Waals surface area contributed by atoms with Crippen LogP contribution in [0.3, 0.4) is 0 Å². The molecular formula is C17H25N3O5. The Labute approximate surface area is 147 Å². The van der Waals surface area contributed by atoms with Crippen LogP contribution in [0.2, 0.25) is 0 Å². The second-order valence-electron chi connectivity index (χ2n) is 6.51. The first kappa shape index (κ1) is 20.3. The summed E-state index contributed by atoms with van der Waals surface area (Å²) in [7, 11) is 0. The molecule has 0 bridgehead atoms. The van der Waals surface area contributed by atoms with Gasteiger partial charge in [-0.3, -0.25) is 20.4 Å². The normalized spacial score (nSPS) is 11.9. The van der Waals surface area contributed by atoms with E-state index < -0.39 is 29.6 Å². The van der Waals surface area contributed by atoms with Gasteiger partial charge >= 0.3 is 6.09 Å². The molecule has 3 N–H and O–H groups in total. The van der Waals surface area contributed by atoms with Crippen molar-refractivity contribution in [3.63, 3.8) is 0 Å². The number of amides is 3. The maximum Gasteiger partial charge on any atom is 0.408 e. The molecule has 0 aromatic heterocycles. The summed E-state index contributed by atoms with van der Waals surface area (Å²) in [6, 6.07) is 6.36. The molecule has 0 unspecified atom stereocenters. The fourth-order valence-corrected chi connectivity index (χ4v) is 1.68. The van der Waals surface area contributed by atoms with Gasteiger partial charge in [-0.2, -0.15) is 0 Å². The Morgan fingerprint density at radius 3 is 2.44 bits per heavy atom. The SMILES string of the molecule is Cc1cccc(OCC(=O)NNC(=O)[C@@H](C)NC(=O)OC(C)(C)C)c1. The third kappa shape index (κ3) is 8.59. The molecule has 0 fully saturated rings. The van der Waals surface area contributed by atoms with Crippen molar-refractivity contribution >= 4 is 17.9 Å². The van der Waals surface area contributed by atoms with Crippen LogP contribution in [-0.2, 0) is 14.3 Å². The number of carbonyl (C=O) groups is 3. The zero-order chi connectivity index (χ0) is 19.0. The molecule has 8 nitrogen and oxygen atoms in total. The van der Waals surface area contributed by atoms with Crippen LogP contribution in [-0.4, -0.2) is 36.2 Å². The van der Waals surface area contributed by atoms with Gasteiger partial charge in [0.05, 0.1) is 0 Å². The molecule has 1 aromatic rings. The summed E-state index contributed by atoms with van der Waals surface area (Å²) in [6.07, 6.45) is -0.718. The lowest BCUT2D eigenvalue weighted by Gasteiger charge is -2.21. The number of alkyl carbamates (subject to hydrolysis) is 1. The lowest BCUT2D eigenvalue weighted by molar-refractivity contribution is -0.130. The van der Waals surface area contributed by atoms with Crippen molar-refractivity contribution in [1.82, 2.24) is 16.2 Å². The molecule has 0 aliphatic rings. The molecule has 0 saturated carbocycles. The van der Waals surface area contributed by atoms with Crippen molar-refractivity contribution in [1.29, 1.82) is 0 Å². The van der Waals surface area contributed by atoms with Gasteiger partial charge in [-0.1, -0.05) is 12.1 Å². The number of hydrogen-bond donors (Lipinski definition) is 3. The van der Waals surface area contributed by atoms with Gasteiger partial charge in [0.2, 0.25) is 0 Å². The van der Waals surface area contributed by atoms with Crippen molar-refractivity contribution in [3.8, 4) is 5.75 Å². The fraction of sp³-hybridized carbons (Fsp3) is 0.471. The number of nitrogens with one attached hydrogen (secondary N) is 3. The van der Waals surface area contributed by atoms with E-state index in [1.807, 2.05) is 19.1 Å². The van der Waals surface area contributed by atoms with Gasteiger partial charge in [-0.15, -0.1) is 0 Å². The number of benzene rings is 1. The largest absolute Gasteiger partial charge is 0.484 e. The predicted octanol–water partition coefficient (Wildman–Crippen LogP) is 1.43. The predicted molar refractivity (Wildman–Crippen MR) is 91.8 cm³/mol. The van der Waals surface area contributed by atoms with Gasteiger partial charge < -0.3 is 14.8 Å². The van der Waals surface area contributed by atoms with Crippen LogP contribution in [0.5, 0.6) is 5.75 Å². The van der Waals surface area contributed by atoms with E-state index in [1.165, 1.54) is 6.92 Å². The van der Waals surface area contributed by atoms with Crippen molar-refractivity contribution in [2.24, 2.45) is 0 Å². The van der Waals surface area contributed by atoms with Gasteiger partial charge in [0.1, 0.15) is 17.4 Å². The standard InChI is InChI=1S/C17H25N3O5/c1-11-7-6-8-13(9-11)24-10-14(21)19-20-15(22)12(2)18-16(23)25-17(3,4)5/h6-9,12H,10H2,1-5H3,(H,18,23)(H,19,21)(H,20,22)/t12-/m1/s1. The van der Waals surface area contributed by atoms with Crippen LogP contribution in [0, 0.1) is 6.92 Å². The smallest absolute Gasteiger partial charge is 0.408 e. The molecular weight excluding hydrogens is 326 g/mol. The maximum atomic E-state index is 11.8. The van der Waals surface area contributed by atoms with Crippen LogP contribution in [0.4, 0.5) is 4.79 Å². The number of hydrazine groups is 1. The average Bonchev–Trinajstić information content (AvgIpc) is 2.48. The van der Waals surface area contributed by atoms with Crippen LogP contribution < -0.4 is 20.9 Å². The minimum Gasteiger partial charge on any atom is -0.484 e. The summed E-state index contributed by atoms with van der Waals surface area (Å²) in [6.45, 7) is 8.27. The number of hydrogen-bond acceptors (Lipinski definition) is 5. The highest BCUT2D eigenvalue weighted by Crippen LogP contribution is 2.11.